The average Bonchev–Trinajstić information content (AvgIpc) is 2.04. The first-order chi connectivity index (χ1) is 5.33. The van der Waals surface area contributed by atoms with E-state index < -0.39 is 0 Å². The predicted molar refractivity (Wildman–Crippen MR) is 50.6 cm³/mol. The smallest absolute Gasteiger partial charge is 0.0320 e. The van der Waals surface area contributed by atoms with Gasteiger partial charge in [0, 0.05) is 0 Å². The molecule has 1 unspecified atom stereocenters. The fraction of sp³-hybridized carbons (Fsp3) is 0.818. The molecular formula is C11H20. The minimum atomic E-state index is 1.01. The third kappa shape index (κ3) is 3.09. The highest BCUT2D eigenvalue weighted by molar-refractivity contribution is 5.02. The van der Waals surface area contributed by atoms with Gasteiger partial charge >= 0.3 is 0 Å². The van der Waals surface area contributed by atoms with Gasteiger partial charge in [-0.3, -0.25) is 0 Å². The molecule has 0 aromatic heterocycles. The van der Waals surface area contributed by atoms with Crippen LogP contribution >= 0.6 is 0 Å². The maximum atomic E-state index is 2.43. The van der Waals surface area contributed by atoms with Crippen molar-refractivity contribution in [3.63, 3.8) is 0 Å². The topological polar surface area (TPSA) is 0 Å². The SMILES string of the molecule is CCCCC1CC=C(C)CC1. The molecule has 1 atom stereocenters. The van der Waals surface area contributed by atoms with Crippen LogP contribution in [0.25, 0.3) is 0 Å². The lowest BCUT2D eigenvalue weighted by Gasteiger charge is -2.19. The van der Waals surface area contributed by atoms with Gasteiger partial charge in [-0.25, -0.2) is 0 Å². The molecule has 0 heterocycles. The third-order valence-corrected chi connectivity index (χ3v) is 2.71. The van der Waals surface area contributed by atoms with Crippen molar-refractivity contribution >= 4 is 0 Å². The van der Waals surface area contributed by atoms with Crippen LogP contribution in [-0.4, -0.2) is 0 Å². The van der Waals surface area contributed by atoms with Crippen molar-refractivity contribution in [1.82, 2.24) is 0 Å². The van der Waals surface area contributed by atoms with Gasteiger partial charge in [0.15, 0.2) is 0 Å². The van der Waals surface area contributed by atoms with E-state index in [1.54, 1.807) is 5.57 Å². The van der Waals surface area contributed by atoms with Crippen molar-refractivity contribution in [3.8, 4) is 0 Å². The molecule has 0 amide bonds. The van der Waals surface area contributed by atoms with Gasteiger partial charge in [0.25, 0.3) is 0 Å². The first-order valence-corrected chi connectivity index (χ1v) is 4.98. The van der Waals surface area contributed by atoms with Gasteiger partial charge < -0.3 is 0 Å². The summed E-state index contributed by atoms with van der Waals surface area (Å²) in [6.07, 6.45) is 10.8. The Kier molecular flexibility index (Phi) is 3.68. The monoisotopic (exact) mass is 152 g/mol. The van der Waals surface area contributed by atoms with Crippen LogP contribution in [0.3, 0.4) is 0 Å². The minimum Gasteiger partial charge on any atom is -0.0853 e. The van der Waals surface area contributed by atoms with Gasteiger partial charge in [0.2, 0.25) is 0 Å². The fourth-order valence-corrected chi connectivity index (χ4v) is 1.77. The first kappa shape index (κ1) is 8.83. The summed E-state index contributed by atoms with van der Waals surface area (Å²) in [5.41, 5.74) is 1.61. The quantitative estimate of drug-likeness (QED) is 0.538. The van der Waals surface area contributed by atoms with Crippen molar-refractivity contribution in [2.75, 3.05) is 0 Å². The summed E-state index contributed by atoms with van der Waals surface area (Å²) in [5.74, 6) is 1.01. The lowest BCUT2D eigenvalue weighted by Crippen LogP contribution is -2.04. The molecule has 0 bridgehead atoms. The van der Waals surface area contributed by atoms with E-state index in [-0.39, 0.29) is 0 Å². The normalized spacial score (nSPS) is 24.9. The van der Waals surface area contributed by atoms with Gasteiger partial charge in [-0.15, -0.1) is 0 Å². The van der Waals surface area contributed by atoms with Gasteiger partial charge in [0.1, 0.15) is 0 Å². The molecule has 0 saturated heterocycles. The van der Waals surface area contributed by atoms with E-state index in [1.807, 2.05) is 0 Å². The second-order valence-electron chi connectivity index (χ2n) is 3.83. The van der Waals surface area contributed by atoms with E-state index in [4.69, 9.17) is 0 Å². The molecular weight excluding hydrogens is 132 g/mol. The highest BCUT2D eigenvalue weighted by Crippen LogP contribution is 2.26. The van der Waals surface area contributed by atoms with Crippen molar-refractivity contribution in [2.45, 2.75) is 52.4 Å². The molecule has 0 aromatic rings. The highest BCUT2D eigenvalue weighted by Gasteiger charge is 2.10. The molecule has 0 saturated carbocycles. The van der Waals surface area contributed by atoms with Crippen LogP contribution in [0.1, 0.15) is 52.4 Å². The number of hydrogen-bond donors (Lipinski definition) is 0. The molecule has 11 heavy (non-hydrogen) atoms. The zero-order valence-corrected chi connectivity index (χ0v) is 7.90. The molecule has 1 aliphatic carbocycles. The van der Waals surface area contributed by atoms with Gasteiger partial charge in [0.05, 0.1) is 0 Å². The summed E-state index contributed by atoms with van der Waals surface area (Å²) in [6, 6.07) is 0. The van der Waals surface area contributed by atoms with Gasteiger partial charge in [-0.2, -0.15) is 0 Å². The zero-order valence-electron chi connectivity index (χ0n) is 7.90. The minimum absolute atomic E-state index is 1.01. The second kappa shape index (κ2) is 4.58. The number of rotatable bonds is 3. The van der Waals surface area contributed by atoms with E-state index in [9.17, 15) is 0 Å². The van der Waals surface area contributed by atoms with Crippen LogP contribution in [0, 0.1) is 5.92 Å². The molecule has 0 heteroatoms. The van der Waals surface area contributed by atoms with E-state index in [2.05, 4.69) is 19.9 Å². The fourth-order valence-electron chi connectivity index (χ4n) is 1.77. The Balaban J connectivity index is 2.18. The highest BCUT2D eigenvalue weighted by atomic mass is 14.2. The van der Waals surface area contributed by atoms with Gasteiger partial charge in [-0.05, 0) is 32.1 Å². The van der Waals surface area contributed by atoms with Crippen molar-refractivity contribution < 1.29 is 0 Å². The van der Waals surface area contributed by atoms with Crippen molar-refractivity contribution in [3.05, 3.63) is 11.6 Å². The van der Waals surface area contributed by atoms with Crippen LogP contribution in [-0.2, 0) is 0 Å². The number of hydrogen-bond acceptors (Lipinski definition) is 0. The molecule has 0 aliphatic heterocycles. The Morgan fingerprint density at radius 1 is 1.55 bits per heavy atom. The summed E-state index contributed by atoms with van der Waals surface area (Å²) >= 11 is 0. The lowest BCUT2D eigenvalue weighted by molar-refractivity contribution is 0.422. The summed E-state index contributed by atoms with van der Waals surface area (Å²) in [6.45, 7) is 4.54. The molecule has 0 fully saturated rings. The molecule has 0 radical (unpaired) electrons. The maximum absolute atomic E-state index is 2.43. The van der Waals surface area contributed by atoms with Crippen LogP contribution in [0.5, 0.6) is 0 Å². The largest absolute Gasteiger partial charge is 0.0853 e. The molecule has 1 rings (SSSR count). The van der Waals surface area contributed by atoms with Crippen LogP contribution in [0.2, 0.25) is 0 Å². The molecule has 0 nitrogen and oxygen atoms in total. The third-order valence-electron chi connectivity index (χ3n) is 2.71. The Morgan fingerprint density at radius 2 is 2.36 bits per heavy atom. The summed E-state index contributed by atoms with van der Waals surface area (Å²) in [4.78, 5) is 0. The molecule has 64 valence electrons. The Morgan fingerprint density at radius 3 is 2.91 bits per heavy atom. The zero-order chi connectivity index (χ0) is 8.10. The predicted octanol–water partition coefficient (Wildman–Crippen LogP) is 3.92. The van der Waals surface area contributed by atoms with Crippen LogP contribution < -0.4 is 0 Å². The molecule has 1 aliphatic rings. The van der Waals surface area contributed by atoms with E-state index in [0.717, 1.165) is 5.92 Å². The Bertz CT molecular complexity index is 133. The van der Waals surface area contributed by atoms with Crippen LogP contribution in [0.15, 0.2) is 11.6 Å². The van der Waals surface area contributed by atoms with Crippen LogP contribution in [0.4, 0.5) is 0 Å². The van der Waals surface area contributed by atoms with Crippen molar-refractivity contribution in [1.29, 1.82) is 0 Å². The molecule has 0 spiro atoms. The first-order valence-electron chi connectivity index (χ1n) is 4.98. The van der Waals surface area contributed by atoms with Crippen molar-refractivity contribution in [2.24, 2.45) is 5.92 Å². The second-order valence-corrected chi connectivity index (χ2v) is 3.83. The standard InChI is InChI=1S/C11H20/c1-3-4-5-11-8-6-10(2)7-9-11/h6,11H,3-5,7-9H2,1-2H3. The number of allylic oxidation sites excluding steroid dienone is 2. The van der Waals surface area contributed by atoms with E-state index in [0.29, 0.717) is 0 Å². The lowest BCUT2D eigenvalue weighted by atomic mass is 9.87. The van der Waals surface area contributed by atoms with E-state index in [1.165, 1.54) is 38.5 Å². The summed E-state index contributed by atoms with van der Waals surface area (Å²) < 4.78 is 0. The molecule has 0 N–H and O–H groups in total. The molecule has 0 aromatic carbocycles. The van der Waals surface area contributed by atoms with E-state index >= 15 is 0 Å². The van der Waals surface area contributed by atoms with Gasteiger partial charge in [-0.1, -0.05) is 37.8 Å². The number of unbranched alkanes of at least 4 members (excludes halogenated alkanes) is 1. The Hall–Kier alpha value is -0.260. The average molecular weight is 152 g/mol. The maximum Gasteiger partial charge on any atom is -0.0320 e. The summed E-state index contributed by atoms with van der Waals surface area (Å²) in [5, 5.41) is 0. The summed E-state index contributed by atoms with van der Waals surface area (Å²) in [7, 11) is 0. The Labute approximate surface area is 70.7 Å².